The highest BCUT2D eigenvalue weighted by Crippen LogP contribution is 2.28. The predicted molar refractivity (Wildman–Crippen MR) is 105 cm³/mol. The summed E-state index contributed by atoms with van der Waals surface area (Å²) in [6, 6.07) is 13.3. The highest BCUT2D eigenvalue weighted by Gasteiger charge is 2.27. The van der Waals surface area contributed by atoms with Crippen LogP contribution >= 0.6 is 11.6 Å². The smallest absolute Gasteiger partial charge is 0.279 e. The first-order chi connectivity index (χ1) is 13.1. The summed E-state index contributed by atoms with van der Waals surface area (Å²) in [7, 11) is 1.69. The lowest BCUT2D eigenvalue weighted by Gasteiger charge is -2.15. The normalized spacial score (nSPS) is 13.7. The van der Waals surface area contributed by atoms with Crippen molar-refractivity contribution in [1.82, 2.24) is 19.7 Å². The Balaban J connectivity index is 1.77. The van der Waals surface area contributed by atoms with E-state index in [9.17, 15) is 4.79 Å². The quantitative estimate of drug-likeness (QED) is 0.688. The van der Waals surface area contributed by atoms with E-state index >= 15 is 0 Å². The van der Waals surface area contributed by atoms with Crippen molar-refractivity contribution in [1.29, 1.82) is 0 Å². The van der Waals surface area contributed by atoms with E-state index in [1.165, 1.54) is 4.90 Å². The minimum Gasteiger partial charge on any atom is -0.327 e. The van der Waals surface area contributed by atoms with Gasteiger partial charge in [0.2, 0.25) is 0 Å². The predicted octanol–water partition coefficient (Wildman–Crippen LogP) is 4.00. The summed E-state index contributed by atoms with van der Waals surface area (Å²) in [4.78, 5) is 19.5. The first-order valence-electron chi connectivity index (χ1n) is 9.07. The number of hydrogen-bond donors (Lipinski definition) is 0. The van der Waals surface area contributed by atoms with Crippen LogP contribution in [0.1, 0.15) is 35.4 Å². The molecule has 0 atom stereocenters. The third kappa shape index (κ3) is 3.45. The van der Waals surface area contributed by atoms with Crippen molar-refractivity contribution in [3.63, 3.8) is 0 Å². The molecule has 1 aliphatic rings. The second kappa shape index (κ2) is 7.48. The lowest BCUT2D eigenvalue weighted by Crippen LogP contribution is -2.28. The van der Waals surface area contributed by atoms with E-state index in [1.807, 2.05) is 30.3 Å². The van der Waals surface area contributed by atoms with E-state index < -0.39 is 0 Å². The molecule has 0 aliphatic carbocycles. The monoisotopic (exact) mass is 381 g/mol. The lowest BCUT2D eigenvalue weighted by molar-refractivity contribution is 0.0986. The largest absolute Gasteiger partial charge is 0.327 e. The average Bonchev–Trinajstić information content (AvgIpc) is 2.89. The van der Waals surface area contributed by atoms with Gasteiger partial charge in [0.25, 0.3) is 5.91 Å². The van der Waals surface area contributed by atoms with Gasteiger partial charge in [-0.2, -0.15) is 0 Å². The van der Waals surface area contributed by atoms with Crippen molar-refractivity contribution in [3.8, 4) is 11.4 Å². The molecule has 0 unspecified atom stereocenters. The molecular weight excluding hydrogens is 362 g/mol. The molecule has 138 valence electrons. The number of nitrogens with zero attached hydrogens (tertiary/aromatic N) is 5. The number of benzene rings is 1. The topological polar surface area (TPSA) is 63.9 Å². The Morgan fingerprint density at radius 3 is 2.63 bits per heavy atom. The van der Waals surface area contributed by atoms with Crippen LogP contribution in [0.15, 0.2) is 42.5 Å². The molecule has 0 spiro atoms. The molecule has 3 heterocycles. The minimum atomic E-state index is -0.181. The zero-order chi connectivity index (χ0) is 18.8. The fourth-order valence-corrected chi connectivity index (χ4v) is 3.55. The summed E-state index contributed by atoms with van der Waals surface area (Å²) in [5.41, 5.74) is 2.52. The van der Waals surface area contributed by atoms with Gasteiger partial charge in [-0.3, -0.25) is 9.69 Å². The summed E-state index contributed by atoms with van der Waals surface area (Å²) in [6.07, 6.45) is 4.16. The van der Waals surface area contributed by atoms with Crippen LogP contribution in [0.5, 0.6) is 0 Å². The standard InChI is InChI=1S/C20H20ClN5O/c1-25(17-12-11-16(21)23-24-17)20(27)18-15-10-6-3-7-13-26(15)19(22-18)14-8-4-2-5-9-14/h2,4-5,8-9,11-12H,3,6-7,10,13H2,1H3. The molecule has 4 rings (SSSR count). The molecule has 1 aliphatic heterocycles. The number of amides is 1. The summed E-state index contributed by atoms with van der Waals surface area (Å²) in [6.45, 7) is 0.879. The number of carbonyl (C=O) groups excluding carboxylic acids is 1. The molecule has 1 amide bonds. The molecule has 0 saturated heterocycles. The van der Waals surface area contributed by atoms with E-state index in [0.29, 0.717) is 16.7 Å². The maximum Gasteiger partial charge on any atom is 0.279 e. The van der Waals surface area contributed by atoms with Gasteiger partial charge in [0.05, 0.1) is 5.69 Å². The average molecular weight is 382 g/mol. The third-order valence-corrected chi connectivity index (χ3v) is 5.07. The van der Waals surface area contributed by atoms with Crippen molar-refractivity contribution in [2.75, 3.05) is 11.9 Å². The second-order valence-electron chi connectivity index (χ2n) is 6.64. The highest BCUT2D eigenvalue weighted by atomic mass is 35.5. The maximum absolute atomic E-state index is 13.2. The van der Waals surface area contributed by atoms with E-state index in [2.05, 4.69) is 14.8 Å². The van der Waals surface area contributed by atoms with Gasteiger partial charge in [-0.15, -0.1) is 10.2 Å². The number of fused-ring (bicyclic) bond motifs is 1. The first-order valence-corrected chi connectivity index (χ1v) is 9.45. The van der Waals surface area contributed by atoms with Gasteiger partial charge in [-0.05, 0) is 31.4 Å². The van der Waals surface area contributed by atoms with Crippen LogP contribution in [0.2, 0.25) is 5.15 Å². The minimum absolute atomic E-state index is 0.181. The van der Waals surface area contributed by atoms with Crippen LogP contribution in [0, 0.1) is 0 Å². The Hall–Kier alpha value is -2.73. The van der Waals surface area contributed by atoms with E-state index in [4.69, 9.17) is 16.6 Å². The number of aromatic nitrogens is 4. The summed E-state index contributed by atoms with van der Waals surface area (Å²) in [5, 5.41) is 8.13. The van der Waals surface area contributed by atoms with Crippen molar-refractivity contribution in [3.05, 3.63) is 59.0 Å². The Bertz CT molecular complexity index is 953. The van der Waals surface area contributed by atoms with E-state index in [-0.39, 0.29) is 5.91 Å². The Morgan fingerprint density at radius 1 is 1.07 bits per heavy atom. The molecule has 7 heteroatoms. The highest BCUT2D eigenvalue weighted by molar-refractivity contribution is 6.29. The van der Waals surface area contributed by atoms with Gasteiger partial charge in [-0.1, -0.05) is 48.4 Å². The molecule has 2 aromatic heterocycles. The number of carbonyl (C=O) groups is 1. The third-order valence-electron chi connectivity index (χ3n) is 4.87. The van der Waals surface area contributed by atoms with Gasteiger partial charge in [0.1, 0.15) is 5.82 Å². The molecule has 3 aromatic rings. The number of hydrogen-bond acceptors (Lipinski definition) is 4. The molecule has 0 N–H and O–H groups in total. The van der Waals surface area contributed by atoms with Crippen LogP contribution in [0.4, 0.5) is 5.82 Å². The van der Waals surface area contributed by atoms with Crippen molar-refractivity contribution < 1.29 is 4.79 Å². The molecule has 0 fully saturated rings. The second-order valence-corrected chi connectivity index (χ2v) is 7.02. The molecule has 0 bridgehead atoms. The van der Waals surface area contributed by atoms with Crippen LogP contribution in [-0.4, -0.2) is 32.7 Å². The number of rotatable bonds is 3. The Morgan fingerprint density at radius 2 is 1.89 bits per heavy atom. The molecular formula is C20H20ClN5O. The van der Waals surface area contributed by atoms with Crippen LogP contribution in [0.3, 0.4) is 0 Å². The van der Waals surface area contributed by atoms with Crippen LogP contribution < -0.4 is 4.90 Å². The molecule has 1 aromatic carbocycles. The van der Waals surface area contributed by atoms with Gasteiger partial charge >= 0.3 is 0 Å². The van der Waals surface area contributed by atoms with Gasteiger partial charge in [0, 0.05) is 19.2 Å². The van der Waals surface area contributed by atoms with Gasteiger partial charge in [-0.25, -0.2) is 4.98 Å². The Kier molecular flexibility index (Phi) is 4.90. The van der Waals surface area contributed by atoms with E-state index in [0.717, 1.165) is 49.3 Å². The van der Waals surface area contributed by atoms with Gasteiger partial charge in [0.15, 0.2) is 16.7 Å². The van der Waals surface area contributed by atoms with Crippen molar-refractivity contribution in [2.45, 2.75) is 32.2 Å². The summed E-state index contributed by atoms with van der Waals surface area (Å²) in [5.74, 6) is 1.12. The number of halogens is 1. The molecule has 6 nitrogen and oxygen atoms in total. The van der Waals surface area contributed by atoms with E-state index in [1.54, 1.807) is 19.2 Å². The van der Waals surface area contributed by atoms with Crippen LogP contribution in [-0.2, 0) is 13.0 Å². The lowest BCUT2D eigenvalue weighted by atomic mass is 10.1. The number of imidazole rings is 1. The van der Waals surface area contributed by atoms with Crippen LogP contribution in [0.25, 0.3) is 11.4 Å². The Labute approximate surface area is 162 Å². The molecule has 27 heavy (non-hydrogen) atoms. The fourth-order valence-electron chi connectivity index (χ4n) is 3.45. The van der Waals surface area contributed by atoms with Gasteiger partial charge < -0.3 is 4.57 Å². The van der Waals surface area contributed by atoms with Crippen molar-refractivity contribution in [2.24, 2.45) is 0 Å². The number of anilines is 1. The SMILES string of the molecule is CN(C(=O)c1nc(-c2ccccc2)n2c1CCCCC2)c1ccc(Cl)nn1. The maximum atomic E-state index is 13.2. The first kappa shape index (κ1) is 17.7. The molecule has 0 radical (unpaired) electrons. The summed E-state index contributed by atoms with van der Waals surface area (Å²) >= 11 is 5.80. The zero-order valence-corrected chi connectivity index (χ0v) is 15.9. The zero-order valence-electron chi connectivity index (χ0n) is 15.1. The summed E-state index contributed by atoms with van der Waals surface area (Å²) < 4.78 is 2.21. The van der Waals surface area contributed by atoms with Crippen molar-refractivity contribution >= 4 is 23.3 Å². The molecule has 0 saturated carbocycles. The fraction of sp³-hybridized carbons (Fsp3) is 0.300.